The molecule has 0 bridgehead atoms. The van der Waals surface area contributed by atoms with E-state index in [0.29, 0.717) is 30.4 Å². The highest BCUT2D eigenvalue weighted by molar-refractivity contribution is 7.13. The monoisotopic (exact) mass is 473 g/mol. The number of pyridine rings is 1. The number of nitrogens with zero attached hydrogens (tertiary/aromatic N) is 5. The molecule has 8 heteroatoms. The molecule has 174 valence electrons. The van der Waals surface area contributed by atoms with E-state index in [1.165, 1.54) is 5.56 Å². The van der Waals surface area contributed by atoms with Crippen LogP contribution in [0.5, 0.6) is 0 Å². The molecule has 1 atom stereocenters. The van der Waals surface area contributed by atoms with Gasteiger partial charge in [0.05, 0.1) is 27.9 Å². The molecule has 1 unspecified atom stereocenters. The van der Waals surface area contributed by atoms with Crippen molar-refractivity contribution in [3.05, 3.63) is 76.6 Å². The summed E-state index contributed by atoms with van der Waals surface area (Å²) in [5, 5.41) is 6.20. The SMILES string of the molecule is Cc1ccc(-c2noc(C(C)N3CCN(C(=O)c4ccc(-c5cccs5)nc4C)CC3)n2)cc1. The third-order valence-corrected chi connectivity index (χ3v) is 7.24. The summed E-state index contributed by atoms with van der Waals surface area (Å²) in [6.07, 6.45) is 0. The number of benzene rings is 1. The van der Waals surface area contributed by atoms with Gasteiger partial charge in [-0.25, -0.2) is 0 Å². The first-order valence-corrected chi connectivity index (χ1v) is 12.3. The number of carbonyl (C=O) groups is 1. The summed E-state index contributed by atoms with van der Waals surface area (Å²) < 4.78 is 5.57. The van der Waals surface area contributed by atoms with Crippen molar-refractivity contribution in [2.24, 2.45) is 0 Å². The van der Waals surface area contributed by atoms with Gasteiger partial charge in [0.15, 0.2) is 0 Å². The standard InChI is InChI=1S/C26H27N5O2S/c1-17-6-8-20(9-7-17)24-28-25(33-29-24)19(3)30-12-14-31(15-13-30)26(32)21-10-11-22(27-18(21)2)23-5-4-16-34-23/h4-11,16,19H,12-15H2,1-3H3. The van der Waals surface area contributed by atoms with Gasteiger partial charge >= 0.3 is 0 Å². The molecule has 0 N–H and O–H groups in total. The topological polar surface area (TPSA) is 75.4 Å². The second-order valence-electron chi connectivity index (χ2n) is 8.63. The first kappa shape index (κ1) is 22.4. The molecular weight excluding hydrogens is 446 g/mol. The molecule has 1 fully saturated rings. The van der Waals surface area contributed by atoms with Crippen LogP contribution in [-0.2, 0) is 0 Å². The Kier molecular flexibility index (Phi) is 6.26. The molecule has 1 saturated heterocycles. The van der Waals surface area contributed by atoms with Crippen LogP contribution in [0.15, 0.2) is 58.4 Å². The van der Waals surface area contributed by atoms with Gasteiger partial charge in [0.1, 0.15) is 0 Å². The number of thiophene rings is 1. The molecule has 0 spiro atoms. The molecule has 34 heavy (non-hydrogen) atoms. The maximum absolute atomic E-state index is 13.2. The van der Waals surface area contributed by atoms with Crippen LogP contribution in [0, 0.1) is 13.8 Å². The summed E-state index contributed by atoms with van der Waals surface area (Å²) in [5.41, 5.74) is 4.48. The molecule has 5 rings (SSSR count). The lowest BCUT2D eigenvalue weighted by Gasteiger charge is -2.37. The summed E-state index contributed by atoms with van der Waals surface area (Å²) in [4.78, 5) is 27.8. The van der Waals surface area contributed by atoms with Crippen LogP contribution in [0.2, 0.25) is 0 Å². The average molecular weight is 474 g/mol. The number of aryl methyl sites for hydroxylation is 2. The van der Waals surface area contributed by atoms with Crippen molar-refractivity contribution in [3.63, 3.8) is 0 Å². The van der Waals surface area contributed by atoms with E-state index in [9.17, 15) is 4.79 Å². The minimum absolute atomic E-state index is 0.0163. The first-order chi connectivity index (χ1) is 16.5. The Balaban J connectivity index is 1.22. The zero-order valence-corrected chi connectivity index (χ0v) is 20.4. The van der Waals surface area contributed by atoms with Crippen molar-refractivity contribution < 1.29 is 9.32 Å². The lowest BCUT2D eigenvalue weighted by atomic mass is 10.1. The van der Waals surface area contributed by atoms with E-state index in [-0.39, 0.29) is 11.9 Å². The minimum Gasteiger partial charge on any atom is -0.337 e. The second kappa shape index (κ2) is 9.48. The van der Waals surface area contributed by atoms with Gasteiger partial charge in [0.2, 0.25) is 11.7 Å². The van der Waals surface area contributed by atoms with Crippen LogP contribution in [0.3, 0.4) is 0 Å². The molecule has 4 heterocycles. The van der Waals surface area contributed by atoms with Crippen molar-refractivity contribution in [2.75, 3.05) is 26.2 Å². The molecule has 3 aromatic heterocycles. The fraction of sp³-hybridized carbons (Fsp3) is 0.308. The Morgan fingerprint density at radius 1 is 1.00 bits per heavy atom. The van der Waals surface area contributed by atoms with Gasteiger partial charge in [0, 0.05) is 31.7 Å². The van der Waals surface area contributed by atoms with Crippen molar-refractivity contribution in [1.82, 2.24) is 24.9 Å². The van der Waals surface area contributed by atoms with E-state index < -0.39 is 0 Å². The molecule has 1 aliphatic rings. The molecular formula is C26H27N5O2S. The Hall–Kier alpha value is -3.36. The number of aromatic nitrogens is 3. The number of amides is 1. The van der Waals surface area contributed by atoms with Crippen molar-refractivity contribution in [2.45, 2.75) is 26.8 Å². The predicted molar refractivity (Wildman–Crippen MR) is 133 cm³/mol. The summed E-state index contributed by atoms with van der Waals surface area (Å²) in [7, 11) is 0. The zero-order chi connectivity index (χ0) is 23.7. The third-order valence-electron chi connectivity index (χ3n) is 6.35. The van der Waals surface area contributed by atoms with E-state index in [1.807, 2.05) is 65.7 Å². The number of hydrogen-bond donors (Lipinski definition) is 0. The van der Waals surface area contributed by atoms with Crippen molar-refractivity contribution in [3.8, 4) is 22.0 Å². The third kappa shape index (κ3) is 4.51. The highest BCUT2D eigenvalue weighted by Gasteiger charge is 2.29. The maximum atomic E-state index is 13.2. The van der Waals surface area contributed by atoms with Crippen LogP contribution >= 0.6 is 11.3 Å². The smallest absolute Gasteiger partial charge is 0.255 e. The molecule has 0 radical (unpaired) electrons. The largest absolute Gasteiger partial charge is 0.337 e. The van der Waals surface area contributed by atoms with Crippen LogP contribution in [0.1, 0.15) is 40.5 Å². The summed E-state index contributed by atoms with van der Waals surface area (Å²) in [6.45, 7) is 8.81. The van der Waals surface area contributed by atoms with Gasteiger partial charge in [0.25, 0.3) is 5.91 Å². The van der Waals surface area contributed by atoms with E-state index in [2.05, 4.69) is 33.9 Å². The van der Waals surface area contributed by atoms with Crippen LogP contribution in [0.4, 0.5) is 0 Å². The quantitative estimate of drug-likeness (QED) is 0.406. The highest BCUT2D eigenvalue weighted by atomic mass is 32.1. The van der Waals surface area contributed by atoms with Crippen molar-refractivity contribution >= 4 is 17.2 Å². The fourth-order valence-electron chi connectivity index (χ4n) is 4.21. The molecule has 0 aliphatic carbocycles. The molecule has 4 aromatic rings. The average Bonchev–Trinajstić information content (AvgIpc) is 3.57. The summed E-state index contributed by atoms with van der Waals surface area (Å²) >= 11 is 1.65. The molecule has 0 saturated carbocycles. The Labute approximate surface area is 203 Å². The van der Waals surface area contributed by atoms with Gasteiger partial charge in [-0.1, -0.05) is 41.1 Å². The fourth-order valence-corrected chi connectivity index (χ4v) is 4.91. The van der Waals surface area contributed by atoms with E-state index in [1.54, 1.807) is 11.3 Å². The first-order valence-electron chi connectivity index (χ1n) is 11.4. The number of carbonyl (C=O) groups excluding carboxylic acids is 1. The lowest BCUT2D eigenvalue weighted by molar-refractivity contribution is 0.0550. The molecule has 1 aromatic carbocycles. The van der Waals surface area contributed by atoms with E-state index in [4.69, 9.17) is 4.52 Å². The van der Waals surface area contributed by atoms with Crippen LogP contribution in [-0.4, -0.2) is 57.0 Å². The van der Waals surface area contributed by atoms with Crippen LogP contribution < -0.4 is 0 Å². The number of piperazine rings is 1. The number of hydrogen-bond acceptors (Lipinski definition) is 7. The van der Waals surface area contributed by atoms with Gasteiger partial charge < -0.3 is 9.42 Å². The van der Waals surface area contributed by atoms with Gasteiger partial charge in [-0.3, -0.25) is 14.7 Å². The second-order valence-corrected chi connectivity index (χ2v) is 9.58. The highest BCUT2D eigenvalue weighted by Crippen LogP contribution is 2.26. The minimum atomic E-state index is -0.0163. The molecule has 1 aliphatic heterocycles. The van der Waals surface area contributed by atoms with Crippen LogP contribution in [0.25, 0.3) is 22.0 Å². The van der Waals surface area contributed by atoms with Crippen molar-refractivity contribution in [1.29, 1.82) is 0 Å². The van der Waals surface area contributed by atoms with Gasteiger partial charge in [-0.05, 0) is 44.4 Å². The number of rotatable bonds is 5. The zero-order valence-electron chi connectivity index (χ0n) is 19.6. The Bertz CT molecular complexity index is 1280. The Morgan fingerprint density at radius 2 is 1.76 bits per heavy atom. The molecule has 1 amide bonds. The summed E-state index contributed by atoms with van der Waals surface area (Å²) in [6, 6.07) is 16.0. The lowest BCUT2D eigenvalue weighted by Crippen LogP contribution is -2.49. The normalized spacial score (nSPS) is 15.4. The van der Waals surface area contributed by atoms with Gasteiger partial charge in [-0.2, -0.15) is 4.98 Å². The summed E-state index contributed by atoms with van der Waals surface area (Å²) in [5.74, 6) is 1.23. The van der Waals surface area contributed by atoms with Gasteiger partial charge in [-0.15, -0.1) is 11.3 Å². The molecule has 7 nitrogen and oxygen atoms in total. The predicted octanol–water partition coefficient (Wildman–Crippen LogP) is 5.00. The maximum Gasteiger partial charge on any atom is 0.255 e. The Morgan fingerprint density at radius 3 is 2.44 bits per heavy atom. The van der Waals surface area contributed by atoms with E-state index >= 15 is 0 Å². The van der Waals surface area contributed by atoms with E-state index in [0.717, 1.165) is 34.9 Å².